The molecule has 2 heterocycles. The molecule has 0 aliphatic carbocycles. The van der Waals surface area contributed by atoms with E-state index in [1.807, 2.05) is 60.7 Å². The molecule has 3 aromatic rings. The van der Waals surface area contributed by atoms with Crippen molar-refractivity contribution >= 4 is 12.5 Å². The highest BCUT2D eigenvalue weighted by molar-refractivity contribution is 6.66. The van der Waals surface area contributed by atoms with Crippen LogP contribution in [0, 0.1) is 0 Å². The topological polar surface area (TPSA) is 12.5 Å². The summed E-state index contributed by atoms with van der Waals surface area (Å²) >= 11 is 0. The Morgan fingerprint density at radius 1 is 0.833 bits per heavy atom. The molecule has 0 bridgehead atoms. The summed E-state index contributed by atoms with van der Waals surface area (Å²) in [6.07, 6.45) is -2.63. The number of halogens is 3. The summed E-state index contributed by atoms with van der Waals surface area (Å²) in [5.74, 6) is 0. The van der Waals surface area contributed by atoms with Gasteiger partial charge in [-0.1, -0.05) is 84.9 Å². The summed E-state index contributed by atoms with van der Waals surface area (Å²) in [4.78, 5) is 2.12. The molecule has 1 atom stereocenters. The fourth-order valence-corrected chi connectivity index (χ4v) is 5.10. The number of nitrogens with zero attached hydrogens (tertiary/aromatic N) is 1. The fourth-order valence-electron chi connectivity index (χ4n) is 5.10. The Kier molecular flexibility index (Phi) is 4.71. The molecule has 5 rings (SSSR count). The van der Waals surface area contributed by atoms with E-state index in [0.29, 0.717) is 6.54 Å². The van der Waals surface area contributed by atoms with Gasteiger partial charge in [-0.05, 0) is 36.0 Å². The Balaban J connectivity index is 1.70. The first kappa shape index (κ1) is 19.4. The van der Waals surface area contributed by atoms with Crippen LogP contribution in [0.3, 0.4) is 0 Å². The molecule has 0 unspecified atom stereocenters. The lowest BCUT2D eigenvalue weighted by Crippen LogP contribution is -2.48. The van der Waals surface area contributed by atoms with Crippen molar-refractivity contribution in [2.75, 3.05) is 6.54 Å². The number of rotatable bonds is 3. The molecule has 0 saturated carbocycles. The minimum atomic E-state index is -4.43. The number of hydrogen-bond donors (Lipinski definition) is 0. The molecule has 2 nitrogen and oxygen atoms in total. The van der Waals surface area contributed by atoms with Gasteiger partial charge in [0.15, 0.2) is 0 Å². The summed E-state index contributed by atoms with van der Waals surface area (Å²) in [6.45, 7) is 0.711. The van der Waals surface area contributed by atoms with Crippen molar-refractivity contribution in [2.45, 2.75) is 30.7 Å². The van der Waals surface area contributed by atoms with Gasteiger partial charge in [0.25, 0.3) is 0 Å². The smallest absolute Gasteiger partial charge is 0.402 e. The summed E-state index contributed by atoms with van der Waals surface area (Å²) in [5.41, 5.74) is 0.686. The van der Waals surface area contributed by atoms with Crippen molar-refractivity contribution in [3.8, 4) is 0 Å². The van der Waals surface area contributed by atoms with Gasteiger partial charge in [0.1, 0.15) is 5.60 Å². The van der Waals surface area contributed by atoms with E-state index in [1.54, 1.807) is 12.1 Å². The first-order chi connectivity index (χ1) is 14.5. The van der Waals surface area contributed by atoms with Crippen molar-refractivity contribution in [3.63, 3.8) is 0 Å². The van der Waals surface area contributed by atoms with E-state index in [2.05, 4.69) is 4.81 Å². The second-order valence-corrected chi connectivity index (χ2v) is 7.92. The van der Waals surface area contributed by atoms with E-state index in [4.69, 9.17) is 4.65 Å². The third kappa shape index (κ3) is 2.98. The van der Waals surface area contributed by atoms with Crippen molar-refractivity contribution in [1.29, 1.82) is 0 Å². The average Bonchev–Trinajstić information content (AvgIpc) is 3.37. The highest BCUT2D eigenvalue weighted by atomic mass is 19.4. The highest BCUT2D eigenvalue weighted by Gasteiger charge is 2.59. The first-order valence-corrected chi connectivity index (χ1v) is 10.2. The van der Waals surface area contributed by atoms with E-state index in [0.717, 1.165) is 30.0 Å². The second kappa shape index (κ2) is 7.29. The quantitative estimate of drug-likeness (QED) is 0.577. The van der Waals surface area contributed by atoms with E-state index in [9.17, 15) is 13.2 Å². The second-order valence-electron chi connectivity index (χ2n) is 7.92. The maximum Gasteiger partial charge on any atom is 0.420 e. The number of fused-ring (bicyclic) bond motifs is 1. The van der Waals surface area contributed by atoms with Gasteiger partial charge in [-0.15, -0.1) is 0 Å². The van der Waals surface area contributed by atoms with Crippen molar-refractivity contribution in [3.05, 3.63) is 102 Å². The molecule has 0 aromatic heterocycles. The van der Waals surface area contributed by atoms with Crippen LogP contribution < -0.4 is 5.46 Å². The maximum atomic E-state index is 13.8. The van der Waals surface area contributed by atoms with Gasteiger partial charge < -0.3 is 9.47 Å². The molecule has 2 saturated heterocycles. The number of alkyl halides is 3. The number of hydrogen-bond acceptors (Lipinski definition) is 2. The van der Waals surface area contributed by atoms with Crippen LogP contribution in [0.4, 0.5) is 13.2 Å². The van der Waals surface area contributed by atoms with Crippen molar-refractivity contribution in [1.82, 2.24) is 4.81 Å². The summed E-state index contributed by atoms with van der Waals surface area (Å²) < 4.78 is 48.2. The largest absolute Gasteiger partial charge is 0.420 e. The molecule has 30 heavy (non-hydrogen) atoms. The lowest BCUT2D eigenvalue weighted by Gasteiger charge is -2.36. The summed E-state index contributed by atoms with van der Waals surface area (Å²) in [5, 5.41) is 0. The molecule has 6 heteroatoms. The molecule has 0 spiro atoms. The van der Waals surface area contributed by atoms with Gasteiger partial charge in [-0.3, -0.25) is 0 Å². The molecular formula is C24H21BF3NO. The van der Waals surface area contributed by atoms with Crippen molar-refractivity contribution < 1.29 is 17.8 Å². The first-order valence-electron chi connectivity index (χ1n) is 10.2. The van der Waals surface area contributed by atoms with Crippen molar-refractivity contribution in [2.24, 2.45) is 0 Å². The molecule has 0 amide bonds. The molecule has 0 N–H and O–H groups in total. The minimum Gasteiger partial charge on any atom is -0.402 e. The predicted molar refractivity (Wildman–Crippen MR) is 111 cm³/mol. The monoisotopic (exact) mass is 407 g/mol. The van der Waals surface area contributed by atoms with Gasteiger partial charge in [0, 0.05) is 6.04 Å². The Morgan fingerprint density at radius 3 is 2.00 bits per heavy atom. The van der Waals surface area contributed by atoms with Crippen LogP contribution in [0.25, 0.3) is 0 Å². The third-order valence-electron chi connectivity index (χ3n) is 6.30. The van der Waals surface area contributed by atoms with Gasteiger partial charge >= 0.3 is 13.2 Å². The van der Waals surface area contributed by atoms with Crippen LogP contribution in [0.2, 0.25) is 0 Å². The van der Waals surface area contributed by atoms with Gasteiger partial charge in [0.2, 0.25) is 0 Å². The molecule has 2 aliphatic rings. The Hall–Kier alpha value is -2.57. The van der Waals surface area contributed by atoms with E-state index < -0.39 is 24.4 Å². The van der Waals surface area contributed by atoms with Crippen LogP contribution in [0.5, 0.6) is 0 Å². The normalized spacial score (nSPS) is 21.0. The van der Waals surface area contributed by atoms with Gasteiger partial charge in [0.05, 0.1) is 5.56 Å². The van der Waals surface area contributed by atoms with Crippen LogP contribution in [0.15, 0.2) is 84.9 Å². The zero-order valence-electron chi connectivity index (χ0n) is 16.3. The van der Waals surface area contributed by atoms with E-state index in [1.165, 1.54) is 6.07 Å². The van der Waals surface area contributed by atoms with Gasteiger partial charge in [-0.2, -0.15) is 13.2 Å². The Bertz CT molecular complexity index is 986. The summed E-state index contributed by atoms with van der Waals surface area (Å²) in [6, 6.07) is 25.5. The Labute approximate surface area is 174 Å². The predicted octanol–water partition coefficient (Wildman–Crippen LogP) is 4.84. The SMILES string of the molecule is FC(F)(F)c1ccccc1B1OC(c2ccccc2)(c2ccccc2)[C@@H]2CCCN12. The van der Waals surface area contributed by atoms with E-state index in [-0.39, 0.29) is 11.5 Å². The van der Waals surface area contributed by atoms with Crippen LogP contribution >= 0.6 is 0 Å². The molecule has 2 fully saturated rings. The molecular weight excluding hydrogens is 386 g/mol. The fraction of sp³-hybridized carbons (Fsp3) is 0.250. The Morgan fingerprint density at radius 2 is 1.40 bits per heavy atom. The molecule has 2 aliphatic heterocycles. The molecule has 3 aromatic carbocycles. The van der Waals surface area contributed by atoms with Gasteiger partial charge in [-0.25, -0.2) is 0 Å². The van der Waals surface area contributed by atoms with Crippen LogP contribution in [0.1, 0.15) is 29.5 Å². The van der Waals surface area contributed by atoms with Crippen LogP contribution in [-0.2, 0) is 16.4 Å². The summed E-state index contributed by atoms with van der Waals surface area (Å²) in [7, 11) is -0.754. The molecule has 0 radical (unpaired) electrons. The maximum absolute atomic E-state index is 13.8. The minimum absolute atomic E-state index is 0.0337. The highest BCUT2D eigenvalue weighted by Crippen LogP contribution is 2.49. The standard InChI is InChI=1S/C24H21BF3NO/c26-24(27,28)20-14-7-8-15-21(20)25-29-17-9-16-22(29)23(30-25,18-10-3-1-4-11-18)19-12-5-2-6-13-19/h1-8,10-15,22H,9,16-17H2/t22-/m0/s1. The third-order valence-corrected chi connectivity index (χ3v) is 6.30. The lowest BCUT2D eigenvalue weighted by molar-refractivity contribution is -0.136. The van der Waals surface area contributed by atoms with Crippen LogP contribution in [-0.4, -0.2) is 24.4 Å². The zero-order valence-corrected chi connectivity index (χ0v) is 16.3. The zero-order chi connectivity index (χ0) is 20.8. The number of benzene rings is 3. The molecule has 152 valence electrons. The lowest BCUT2D eigenvalue weighted by atomic mass is 9.69. The van der Waals surface area contributed by atoms with E-state index >= 15 is 0 Å². The average molecular weight is 407 g/mol.